The lowest BCUT2D eigenvalue weighted by molar-refractivity contribution is 0.0733. The van der Waals surface area contributed by atoms with Gasteiger partial charge in [0.2, 0.25) is 0 Å². The SMILES string of the molecule is CC(C)COC(=O)N1CCC(COc2ccc(-c3ccc(S(C)(=O)=O)cc3)c(F)c2)CC1. The van der Waals surface area contributed by atoms with E-state index in [9.17, 15) is 17.6 Å². The topological polar surface area (TPSA) is 72.9 Å². The molecule has 1 aliphatic heterocycles. The van der Waals surface area contributed by atoms with Crippen LogP contribution in [0.4, 0.5) is 9.18 Å². The molecular weight excluding hydrogens is 433 g/mol. The minimum Gasteiger partial charge on any atom is -0.493 e. The number of benzene rings is 2. The zero-order valence-corrected chi connectivity index (χ0v) is 19.5. The van der Waals surface area contributed by atoms with E-state index in [1.807, 2.05) is 13.8 Å². The minimum atomic E-state index is -3.29. The summed E-state index contributed by atoms with van der Waals surface area (Å²) in [5.41, 5.74) is 0.976. The summed E-state index contributed by atoms with van der Waals surface area (Å²) < 4.78 is 48.9. The molecule has 1 saturated heterocycles. The lowest BCUT2D eigenvalue weighted by Gasteiger charge is -2.31. The molecule has 1 amide bonds. The van der Waals surface area contributed by atoms with Gasteiger partial charge in [0.15, 0.2) is 9.84 Å². The van der Waals surface area contributed by atoms with Crippen molar-refractivity contribution in [3.63, 3.8) is 0 Å². The second-order valence-corrected chi connectivity index (χ2v) is 10.7. The molecule has 0 spiro atoms. The van der Waals surface area contributed by atoms with E-state index in [4.69, 9.17) is 9.47 Å². The summed E-state index contributed by atoms with van der Waals surface area (Å²) in [5.74, 6) is 0.606. The van der Waals surface area contributed by atoms with Crippen LogP contribution >= 0.6 is 0 Å². The summed E-state index contributed by atoms with van der Waals surface area (Å²) in [5, 5.41) is 0. The Hall–Kier alpha value is -2.61. The third-order valence-corrected chi connectivity index (χ3v) is 6.56. The number of likely N-dealkylation sites (tertiary alicyclic amines) is 1. The van der Waals surface area contributed by atoms with Crippen molar-refractivity contribution >= 4 is 15.9 Å². The first-order chi connectivity index (χ1) is 15.1. The molecule has 1 fully saturated rings. The molecule has 1 heterocycles. The Morgan fingerprint density at radius 2 is 1.78 bits per heavy atom. The number of carbonyl (C=O) groups is 1. The molecule has 32 heavy (non-hydrogen) atoms. The van der Waals surface area contributed by atoms with Crippen LogP contribution in [0.1, 0.15) is 26.7 Å². The average Bonchev–Trinajstić information content (AvgIpc) is 2.76. The number of sulfone groups is 1. The van der Waals surface area contributed by atoms with Gasteiger partial charge >= 0.3 is 6.09 Å². The van der Waals surface area contributed by atoms with Crippen LogP contribution in [-0.2, 0) is 14.6 Å². The molecule has 0 saturated carbocycles. The molecule has 0 bridgehead atoms. The Labute approximate surface area is 189 Å². The summed E-state index contributed by atoms with van der Waals surface area (Å²) in [4.78, 5) is 14.0. The van der Waals surface area contributed by atoms with E-state index in [0.29, 0.717) is 49.1 Å². The second kappa shape index (κ2) is 10.3. The van der Waals surface area contributed by atoms with Gasteiger partial charge in [-0.1, -0.05) is 26.0 Å². The molecule has 6 nitrogen and oxygen atoms in total. The van der Waals surface area contributed by atoms with Crippen LogP contribution in [0.15, 0.2) is 47.4 Å². The minimum absolute atomic E-state index is 0.195. The summed E-state index contributed by atoms with van der Waals surface area (Å²) in [6.45, 7) is 6.13. The molecule has 174 valence electrons. The van der Waals surface area contributed by atoms with Crippen molar-refractivity contribution in [2.75, 3.05) is 32.6 Å². The van der Waals surface area contributed by atoms with E-state index in [2.05, 4.69) is 0 Å². The predicted octanol–water partition coefficient (Wildman–Crippen LogP) is 4.78. The molecule has 0 radical (unpaired) electrons. The monoisotopic (exact) mass is 463 g/mol. The van der Waals surface area contributed by atoms with Gasteiger partial charge in [0.25, 0.3) is 0 Å². The highest BCUT2D eigenvalue weighted by atomic mass is 32.2. The Balaban J connectivity index is 1.52. The van der Waals surface area contributed by atoms with Gasteiger partial charge in [-0.25, -0.2) is 17.6 Å². The fourth-order valence-corrected chi connectivity index (χ4v) is 4.16. The molecule has 0 aromatic heterocycles. The summed E-state index contributed by atoms with van der Waals surface area (Å²) in [7, 11) is -3.29. The van der Waals surface area contributed by atoms with Crippen molar-refractivity contribution in [2.24, 2.45) is 11.8 Å². The molecule has 1 aliphatic rings. The number of hydrogen-bond donors (Lipinski definition) is 0. The maximum Gasteiger partial charge on any atom is 0.409 e. The van der Waals surface area contributed by atoms with Crippen LogP contribution in [0, 0.1) is 17.7 Å². The highest BCUT2D eigenvalue weighted by Crippen LogP contribution is 2.28. The third-order valence-electron chi connectivity index (χ3n) is 5.43. The highest BCUT2D eigenvalue weighted by Gasteiger charge is 2.24. The van der Waals surface area contributed by atoms with E-state index in [1.165, 1.54) is 18.2 Å². The molecule has 3 rings (SSSR count). The van der Waals surface area contributed by atoms with Crippen LogP contribution in [0.2, 0.25) is 0 Å². The zero-order chi connectivity index (χ0) is 23.3. The number of piperidine rings is 1. The van der Waals surface area contributed by atoms with E-state index in [-0.39, 0.29) is 16.9 Å². The molecule has 2 aromatic carbocycles. The van der Waals surface area contributed by atoms with Gasteiger partial charge in [0, 0.05) is 31.0 Å². The van der Waals surface area contributed by atoms with Crippen molar-refractivity contribution in [3.05, 3.63) is 48.3 Å². The van der Waals surface area contributed by atoms with Crippen LogP contribution in [-0.4, -0.2) is 52.0 Å². The van der Waals surface area contributed by atoms with E-state index in [0.717, 1.165) is 19.1 Å². The van der Waals surface area contributed by atoms with Gasteiger partial charge in [-0.05, 0) is 54.5 Å². The molecule has 0 N–H and O–H groups in total. The highest BCUT2D eigenvalue weighted by molar-refractivity contribution is 7.90. The first-order valence-electron chi connectivity index (χ1n) is 10.8. The smallest absolute Gasteiger partial charge is 0.409 e. The van der Waals surface area contributed by atoms with Crippen LogP contribution in [0.3, 0.4) is 0 Å². The van der Waals surface area contributed by atoms with Crippen molar-refractivity contribution < 1.29 is 27.1 Å². The number of halogens is 1. The Kier molecular flexibility index (Phi) is 7.77. The molecule has 2 aromatic rings. The normalized spacial score (nSPS) is 15.1. The lowest BCUT2D eigenvalue weighted by Crippen LogP contribution is -2.40. The molecule has 8 heteroatoms. The number of carbonyl (C=O) groups excluding carboxylic acids is 1. The van der Waals surface area contributed by atoms with Crippen molar-refractivity contribution in [1.29, 1.82) is 0 Å². The maximum absolute atomic E-state index is 14.6. The molecule has 0 unspecified atom stereocenters. The van der Waals surface area contributed by atoms with Gasteiger partial charge in [-0.3, -0.25) is 0 Å². The third kappa shape index (κ3) is 6.45. The van der Waals surface area contributed by atoms with E-state index >= 15 is 0 Å². The fraction of sp³-hybridized carbons (Fsp3) is 0.458. The number of rotatable bonds is 7. The summed E-state index contributed by atoms with van der Waals surface area (Å²) in [6, 6.07) is 10.8. The van der Waals surface area contributed by atoms with Gasteiger partial charge in [0.1, 0.15) is 11.6 Å². The average molecular weight is 464 g/mol. The quantitative estimate of drug-likeness (QED) is 0.591. The largest absolute Gasteiger partial charge is 0.493 e. The molecule has 0 atom stereocenters. The lowest BCUT2D eigenvalue weighted by atomic mass is 9.98. The standard InChI is InChI=1S/C24H30FNO5S/c1-17(2)15-31-24(27)26-12-10-18(11-13-26)16-30-20-6-9-22(23(25)14-20)19-4-7-21(8-5-19)32(3,28)29/h4-9,14,17-18H,10-13,15-16H2,1-3H3. The molecule has 0 aliphatic carbocycles. The Morgan fingerprint density at radius 1 is 1.12 bits per heavy atom. The van der Waals surface area contributed by atoms with E-state index in [1.54, 1.807) is 29.2 Å². The van der Waals surface area contributed by atoms with Crippen LogP contribution < -0.4 is 4.74 Å². The summed E-state index contributed by atoms with van der Waals surface area (Å²) >= 11 is 0. The summed E-state index contributed by atoms with van der Waals surface area (Å²) in [6.07, 6.45) is 2.49. The van der Waals surface area contributed by atoms with Crippen molar-refractivity contribution in [2.45, 2.75) is 31.6 Å². The Morgan fingerprint density at radius 3 is 2.34 bits per heavy atom. The fourth-order valence-electron chi connectivity index (χ4n) is 3.53. The van der Waals surface area contributed by atoms with Crippen molar-refractivity contribution in [1.82, 2.24) is 4.90 Å². The first kappa shape index (κ1) is 24.0. The van der Waals surface area contributed by atoms with E-state index < -0.39 is 15.7 Å². The maximum atomic E-state index is 14.6. The van der Waals surface area contributed by atoms with Gasteiger partial charge in [-0.15, -0.1) is 0 Å². The van der Waals surface area contributed by atoms with Crippen LogP contribution in [0.25, 0.3) is 11.1 Å². The van der Waals surface area contributed by atoms with Gasteiger partial charge in [-0.2, -0.15) is 0 Å². The number of hydrogen-bond acceptors (Lipinski definition) is 5. The number of ether oxygens (including phenoxy) is 2. The zero-order valence-electron chi connectivity index (χ0n) is 18.7. The van der Waals surface area contributed by atoms with Gasteiger partial charge in [0.05, 0.1) is 18.1 Å². The van der Waals surface area contributed by atoms with Crippen molar-refractivity contribution in [3.8, 4) is 16.9 Å². The Bertz CT molecular complexity index is 1030. The van der Waals surface area contributed by atoms with Gasteiger partial charge < -0.3 is 14.4 Å². The first-order valence-corrected chi connectivity index (χ1v) is 12.7. The number of nitrogens with zero attached hydrogens (tertiary/aromatic N) is 1. The predicted molar refractivity (Wildman–Crippen MR) is 121 cm³/mol. The van der Waals surface area contributed by atoms with Crippen LogP contribution in [0.5, 0.6) is 5.75 Å². The second-order valence-electron chi connectivity index (χ2n) is 8.65. The molecular formula is C24H30FNO5S. The number of amides is 1.